The molecular formula is C44H44N12O5S. The van der Waals surface area contributed by atoms with Gasteiger partial charge in [-0.15, -0.1) is 10.2 Å². The Labute approximate surface area is 360 Å². The van der Waals surface area contributed by atoms with Crippen LogP contribution in [0.4, 0.5) is 11.4 Å². The average molecular weight is 853 g/mol. The number of anilines is 2. The summed E-state index contributed by atoms with van der Waals surface area (Å²) in [5, 5.41) is 27.6. The van der Waals surface area contributed by atoms with Gasteiger partial charge in [0.25, 0.3) is 17.7 Å². The maximum absolute atomic E-state index is 14.2. The number of hydrogen-bond acceptors (Lipinski definition) is 14. The highest BCUT2D eigenvalue weighted by Crippen LogP contribution is 2.44. The first-order valence-corrected chi connectivity index (χ1v) is 21.9. The number of nitrogens with two attached hydrogens (primary N) is 1. The van der Waals surface area contributed by atoms with E-state index in [2.05, 4.69) is 36.5 Å². The average Bonchev–Trinajstić information content (AvgIpc) is 3.99. The van der Waals surface area contributed by atoms with Crippen LogP contribution in [0.3, 0.4) is 0 Å². The number of rotatable bonds is 9. The molecule has 1 spiro atoms. The number of benzene rings is 1. The minimum atomic E-state index is -1.05. The zero-order chi connectivity index (χ0) is 42.9. The predicted molar refractivity (Wildman–Crippen MR) is 228 cm³/mol. The van der Waals surface area contributed by atoms with Gasteiger partial charge in [-0.1, -0.05) is 11.3 Å². The van der Waals surface area contributed by atoms with Gasteiger partial charge in [0.1, 0.15) is 17.1 Å². The Morgan fingerprint density at radius 1 is 0.919 bits per heavy atom. The van der Waals surface area contributed by atoms with Crippen LogP contribution in [0.1, 0.15) is 88.6 Å². The summed E-state index contributed by atoms with van der Waals surface area (Å²) < 4.78 is 1.75. The van der Waals surface area contributed by atoms with Gasteiger partial charge in [0.15, 0.2) is 5.01 Å². The molecule has 4 fully saturated rings. The molecule has 1 aromatic carbocycles. The molecule has 5 aliphatic rings. The number of primary amides is 1. The molecule has 1 aliphatic carbocycles. The van der Waals surface area contributed by atoms with E-state index in [1.165, 1.54) is 22.4 Å². The number of nitriles is 1. The first kappa shape index (κ1) is 39.5. The van der Waals surface area contributed by atoms with Crippen molar-refractivity contribution in [3.63, 3.8) is 0 Å². The summed E-state index contributed by atoms with van der Waals surface area (Å²) in [6.45, 7) is 3.55. The Kier molecular flexibility index (Phi) is 9.82. The molecule has 1 atom stereocenters. The van der Waals surface area contributed by atoms with Crippen LogP contribution in [0.25, 0.3) is 27.5 Å². The Balaban J connectivity index is 0.779. The number of pyridine rings is 1. The first-order valence-electron chi connectivity index (χ1n) is 21.1. The number of fused-ring (bicyclic) bond motifs is 2. The van der Waals surface area contributed by atoms with Crippen molar-refractivity contribution < 1.29 is 24.0 Å². The van der Waals surface area contributed by atoms with Crippen LogP contribution < -0.4 is 16.0 Å². The summed E-state index contributed by atoms with van der Waals surface area (Å²) in [7, 11) is 1.84. The van der Waals surface area contributed by atoms with Gasteiger partial charge < -0.3 is 16.0 Å². The summed E-state index contributed by atoms with van der Waals surface area (Å²) in [5.41, 5.74) is 11.3. The fourth-order valence-electron chi connectivity index (χ4n) is 10.1. The highest BCUT2D eigenvalue weighted by atomic mass is 32.1. The van der Waals surface area contributed by atoms with Gasteiger partial charge in [-0.2, -0.15) is 10.4 Å². The molecule has 316 valence electrons. The zero-order valence-electron chi connectivity index (χ0n) is 34.1. The normalized spacial score (nSPS) is 22.6. The number of piperidine rings is 2. The molecule has 0 radical (unpaired) electrons. The molecule has 4 aromatic heterocycles. The molecule has 5 aromatic rings. The lowest BCUT2D eigenvalue weighted by Gasteiger charge is -2.55. The quantitative estimate of drug-likeness (QED) is 0.201. The van der Waals surface area contributed by atoms with E-state index >= 15 is 0 Å². The second-order valence-electron chi connectivity index (χ2n) is 17.2. The van der Waals surface area contributed by atoms with Crippen LogP contribution in [-0.4, -0.2) is 121 Å². The molecule has 62 heavy (non-hydrogen) atoms. The summed E-state index contributed by atoms with van der Waals surface area (Å²) in [4.78, 5) is 78.1. The number of aromatic nitrogens is 5. The highest BCUT2D eigenvalue weighted by Gasteiger charge is 2.50. The van der Waals surface area contributed by atoms with Crippen molar-refractivity contribution in [2.45, 2.75) is 69.4 Å². The predicted octanol–water partition coefficient (Wildman–Crippen LogP) is 4.06. The van der Waals surface area contributed by atoms with Crippen molar-refractivity contribution in [2.24, 2.45) is 11.1 Å². The number of likely N-dealkylation sites (tertiary alicyclic amines) is 2. The molecule has 1 saturated carbocycles. The minimum Gasteiger partial charge on any atom is -0.387 e. The van der Waals surface area contributed by atoms with Crippen molar-refractivity contribution in [2.75, 3.05) is 50.0 Å². The smallest absolute Gasteiger partial charge is 0.262 e. The van der Waals surface area contributed by atoms with Crippen molar-refractivity contribution in [3.05, 3.63) is 76.6 Å². The van der Waals surface area contributed by atoms with E-state index in [4.69, 9.17) is 10.7 Å². The maximum atomic E-state index is 14.2. The maximum Gasteiger partial charge on any atom is 0.262 e. The van der Waals surface area contributed by atoms with E-state index in [1.807, 2.05) is 31.3 Å². The molecule has 0 bridgehead atoms. The number of hydrogen-bond donors (Lipinski definition) is 2. The molecule has 8 heterocycles. The number of carbonyl (C=O) groups is 5. The van der Waals surface area contributed by atoms with Crippen molar-refractivity contribution in [1.29, 1.82) is 5.26 Å². The van der Waals surface area contributed by atoms with Crippen LogP contribution in [0, 0.1) is 16.7 Å². The number of imide groups is 2. The van der Waals surface area contributed by atoms with Crippen LogP contribution in [0.2, 0.25) is 0 Å². The molecule has 4 aliphatic heterocycles. The molecule has 17 nitrogen and oxygen atoms in total. The number of nitrogens with one attached hydrogen (secondary N) is 1. The minimum absolute atomic E-state index is 0.0709. The Morgan fingerprint density at radius 2 is 1.69 bits per heavy atom. The third kappa shape index (κ3) is 6.75. The fourth-order valence-corrected chi connectivity index (χ4v) is 11.2. The number of amides is 5. The van der Waals surface area contributed by atoms with Crippen LogP contribution in [0.15, 0.2) is 54.9 Å². The van der Waals surface area contributed by atoms with E-state index in [9.17, 15) is 29.2 Å². The Bertz CT molecular complexity index is 2720. The molecular weight excluding hydrogens is 809 g/mol. The first-order chi connectivity index (χ1) is 30.0. The molecule has 5 amide bonds. The number of carbonyl (C=O) groups excluding carboxylic acids is 5. The zero-order valence-corrected chi connectivity index (χ0v) is 34.9. The van der Waals surface area contributed by atoms with Crippen LogP contribution >= 0.6 is 11.3 Å². The van der Waals surface area contributed by atoms with Gasteiger partial charge in [0, 0.05) is 61.5 Å². The molecule has 3 saturated heterocycles. The second kappa shape index (κ2) is 15.4. The van der Waals surface area contributed by atoms with E-state index in [1.54, 1.807) is 28.9 Å². The van der Waals surface area contributed by atoms with Crippen LogP contribution in [0.5, 0.6) is 0 Å². The fraction of sp³-hybridized carbons (Fsp3) is 0.409. The van der Waals surface area contributed by atoms with Gasteiger partial charge in [-0.05, 0) is 100 Å². The Morgan fingerprint density at radius 3 is 2.44 bits per heavy atom. The SMILES string of the molecule is CNc1cc(-c2ccc3cc(C#N)cnn23)ncc1-c1nnc(C2CCC(N3C(=O)CCC(N4C(=O)c5ccc(N6CC7(CCN(CC(N)=O)CC7)C6)cc5C4=O)C3=O)CC2)s1. The van der Waals surface area contributed by atoms with Crippen molar-refractivity contribution in [3.8, 4) is 28.0 Å². The molecule has 10 rings (SSSR count). The lowest BCUT2D eigenvalue weighted by Crippen LogP contribution is -2.61. The number of nitrogens with zero attached hydrogens (tertiary/aromatic N) is 10. The second-order valence-corrected chi connectivity index (χ2v) is 18.2. The van der Waals surface area contributed by atoms with Gasteiger partial charge in [0.05, 0.1) is 51.9 Å². The standard InChI is InChI=1S/C44H44N12O5S/c1-47-33-18-34(35-9-7-29-16-25(19-45)20-49-56(29)35)48-21-32(33)40-51-50-39(62-40)26-2-4-27(5-3-26)54-38(58)11-10-36(43(54)61)55-41(59)30-8-6-28(17-31(30)42(55)60)53-23-44(24-53)12-14-52(15-13-44)22-37(46)57/h6-9,16-18,20-21,26-27,36H,2-5,10-15,22-24H2,1H3,(H2,46,57)(H,47,48). The van der Waals surface area contributed by atoms with Crippen LogP contribution in [-0.2, 0) is 14.4 Å². The third-order valence-electron chi connectivity index (χ3n) is 13.5. The lowest BCUT2D eigenvalue weighted by molar-refractivity contribution is -0.155. The van der Waals surface area contributed by atoms with Crippen molar-refractivity contribution >= 4 is 57.8 Å². The molecule has 3 N–H and O–H groups in total. The van der Waals surface area contributed by atoms with Crippen molar-refractivity contribution in [1.82, 2.24) is 39.5 Å². The topological polar surface area (TPSA) is 216 Å². The lowest BCUT2D eigenvalue weighted by atomic mass is 9.71. The largest absolute Gasteiger partial charge is 0.387 e. The summed E-state index contributed by atoms with van der Waals surface area (Å²) in [5.74, 6) is -1.99. The third-order valence-corrected chi connectivity index (χ3v) is 14.6. The molecule has 18 heteroatoms. The van der Waals surface area contributed by atoms with Gasteiger partial charge in [-0.25, -0.2) is 4.52 Å². The van der Waals surface area contributed by atoms with E-state index in [0.717, 1.165) is 77.1 Å². The highest BCUT2D eigenvalue weighted by molar-refractivity contribution is 7.14. The van der Waals surface area contributed by atoms with Gasteiger partial charge in [0.2, 0.25) is 11.8 Å². The summed E-state index contributed by atoms with van der Waals surface area (Å²) >= 11 is 1.50. The summed E-state index contributed by atoms with van der Waals surface area (Å²) in [6.07, 6.45) is 7.92. The summed E-state index contributed by atoms with van der Waals surface area (Å²) in [6, 6.07) is 13.6. The van der Waals surface area contributed by atoms with E-state index in [0.29, 0.717) is 41.9 Å². The van der Waals surface area contributed by atoms with Gasteiger partial charge >= 0.3 is 0 Å². The van der Waals surface area contributed by atoms with E-state index < -0.39 is 23.8 Å². The van der Waals surface area contributed by atoms with Gasteiger partial charge in [-0.3, -0.25) is 43.7 Å². The van der Waals surface area contributed by atoms with E-state index in [-0.39, 0.29) is 59.7 Å². The monoisotopic (exact) mass is 852 g/mol. The molecule has 1 unspecified atom stereocenters. The Hall–Kier alpha value is -6.58.